The maximum absolute atomic E-state index is 14.1. The predicted molar refractivity (Wildman–Crippen MR) is 64.1 cm³/mol. The zero-order valence-electron chi connectivity index (χ0n) is 10.6. The van der Waals surface area contributed by atoms with Crippen LogP contribution in [0.25, 0.3) is 0 Å². The minimum absolute atomic E-state index is 0.308. The van der Waals surface area contributed by atoms with Crippen LogP contribution in [-0.4, -0.2) is 64.1 Å². The molecule has 0 radical (unpaired) electrons. The number of fused-ring (bicyclic) bond motifs is 1. The van der Waals surface area contributed by atoms with Gasteiger partial charge in [-0.05, 0) is 6.92 Å². The van der Waals surface area contributed by atoms with Crippen LogP contribution in [-0.2, 0) is 4.74 Å². The van der Waals surface area contributed by atoms with E-state index in [-0.39, 0.29) is 0 Å². The second kappa shape index (κ2) is 5.00. The smallest absolute Gasteiger partial charge is 0.387 e. The molecule has 10 heteroatoms. The molecule has 0 saturated carbocycles. The van der Waals surface area contributed by atoms with E-state index in [1.54, 1.807) is 0 Å². The number of aliphatic imine (C=N–C) groups is 1. The lowest BCUT2D eigenvalue weighted by molar-refractivity contribution is -0.314. The molecule has 2 aliphatic rings. The average molecular weight is 318 g/mol. The van der Waals surface area contributed by atoms with Gasteiger partial charge in [-0.1, -0.05) is 11.8 Å². The van der Waals surface area contributed by atoms with Crippen LogP contribution in [0.5, 0.6) is 0 Å². The monoisotopic (exact) mass is 318 g/mol. The number of thioether (sulfide) groups is 1. The van der Waals surface area contributed by atoms with Crippen molar-refractivity contribution < 1.29 is 32.5 Å². The van der Waals surface area contributed by atoms with Gasteiger partial charge in [0.05, 0.1) is 0 Å². The molecule has 2 rings (SSSR count). The Labute approximate surface area is 116 Å². The van der Waals surface area contributed by atoms with Gasteiger partial charge in [0.25, 0.3) is 0 Å². The molecule has 0 unspecified atom stereocenters. The summed E-state index contributed by atoms with van der Waals surface area (Å²) in [4.78, 5) is 3.88. The van der Waals surface area contributed by atoms with Crippen LogP contribution in [0.1, 0.15) is 6.92 Å². The van der Waals surface area contributed by atoms with E-state index in [4.69, 9.17) is 4.74 Å². The molecular formula is C10H14F4N2O3S. The summed E-state index contributed by atoms with van der Waals surface area (Å²) in [6.07, 6.45) is -11.3. The Kier molecular flexibility index (Phi) is 3.95. The SMILES string of the molecule is CNC1=N[C@@H]2[C@@H](F)[C@H](O)[C@@H]([C@@](C)(O)C(F)(F)F)O[C@@H]2S1. The standard InChI is InChI=1S/C10H14F4N2O3S/c1-9(18,10(12,13)14)6-5(17)3(11)4-7(19-6)20-8(15-2)16-4/h3-7,17-18H,1-2H3,(H,15,16)/t3-,4-,5+,6+,7-,9-/m1/s1. The molecule has 0 spiro atoms. The number of amidine groups is 1. The van der Waals surface area contributed by atoms with Gasteiger partial charge in [-0.25, -0.2) is 4.39 Å². The van der Waals surface area contributed by atoms with Crippen LogP contribution in [0, 0.1) is 0 Å². The van der Waals surface area contributed by atoms with Gasteiger partial charge in [0.2, 0.25) is 0 Å². The maximum atomic E-state index is 14.1. The van der Waals surface area contributed by atoms with Gasteiger partial charge < -0.3 is 20.3 Å². The van der Waals surface area contributed by atoms with Crippen LogP contribution < -0.4 is 5.32 Å². The molecule has 0 amide bonds. The fourth-order valence-electron chi connectivity index (χ4n) is 2.08. The molecule has 0 aromatic carbocycles. The van der Waals surface area contributed by atoms with Gasteiger partial charge in [-0.2, -0.15) is 13.2 Å². The van der Waals surface area contributed by atoms with Crippen LogP contribution in [0.3, 0.4) is 0 Å². The van der Waals surface area contributed by atoms with Crippen molar-refractivity contribution in [1.29, 1.82) is 0 Å². The van der Waals surface area contributed by atoms with E-state index in [0.717, 1.165) is 11.8 Å². The number of aliphatic hydroxyl groups is 2. The number of nitrogens with one attached hydrogen (secondary N) is 1. The summed E-state index contributed by atoms with van der Waals surface area (Å²) in [7, 11) is 1.52. The van der Waals surface area contributed by atoms with Crippen molar-refractivity contribution in [1.82, 2.24) is 5.32 Å². The highest BCUT2D eigenvalue weighted by Gasteiger charge is 2.63. The van der Waals surface area contributed by atoms with Crippen molar-refractivity contribution in [2.75, 3.05) is 7.05 Å². The number of halogens is 4. The van der Waals surface area contributed by atoms with Crippen molar-refractivity contribution in [3.63, 3.8) is 0 Å². The number of ether oxygens (including phenoxy) is 1. The molecule has 2 heterocycles. The Morgan fingerprint density at radius 1 is 1.40 bits per heavy atom. The molecule has 0 aromatic heterocycles. The summed E-state index contributed by atoms with van der Waals surface area (Å²) in [5.41, 5.74) is -4.38. The normalized spacial score (nSPS) is 40.8. The van der Waals surface area contributed by atoms with Gasteiger partial charge in [0.1, 0.15) is 23.7 Å². The molecule has 3 N–H and O–H groups in total. The summed E-state index contributed by atoms with van der Waals surface area (Å²) in [5.74, 6) is 0. The lowest BCUT2D eigenvalue weighted by atomic mass is 9.87. The van der Waals surface area contributed by atoms with Gasteiger partial charge in [0, 0.05) is 7.05 Å². The molecule has 0 aliphatic carbocycles. The highest BCUT2D eigenvalue weighted by atomic mass is 32.2. The first-order valence-corrected chi connectivity index (χ1v) is 6.66. The number of nitrogens with zero attached hydrogens (tertiary/aromatic N) is 1. The molecule has 116 valence electrons. The first-order chi connectivity index (χ1) is 9.09. The first kappa shape index (κ1) is 15.8. The quantitative estimate of drug-likeness (QED) is 0.611. The van der Waals surface area contributed by atoms with Crippen molar-refractivity contribution >= 4 is 16.9 Å². The largest absolute Gasteiger partial charge is 0.419 e. The zero-order chi connectivity index (χ0) is 15.3. The second-order valence-electron chi connectivity index (χ2n) is 4.80. The third-order valence-corrected chi connectivity index (χ3v) is 4.51. The number of hydrogen-bond donors (Lipinski definition) is 3. The van der Waals surface area contributed by atoms with Gasteiger partial charge >= 0.3 is 6.18 Å². The minimum atomic E-state index is -5.05. The third kappa shape index (κ3) is 2.38. The molecule has 6 atom stereocenters. The number of rotatable bonds is 1. The summed E-state index contributed by atoms with van der Waals surface area (Å²) in [6, 6.07) is -1.10. The number of alkyl halides is 4. The Bertz CT molecular complexity index is 418. The molecule has 20 heavy (non-hydrogen) atoms. The lowest BCUT2D eigenvalue weighted by Gasteiger charge is -2.43. The van der Waals surface area contributed by atoms with Crippen molar-refractivity contribution in [2.45, 2.75) is 48.6 Å². The maximum Gasteiger partial charge on any atom is 0.419 e. The van der Waals surface area contributed by atoms with Crippen LogP contribution in [0.15, 0.2) is 4.99 Å². The average Bonchev–Trinajstić information content (AvgIpc) is 2.75. The molecular weight excluding hydrogens is 304 g/mol. The molecule has 2 aliphatic heterocycles. The fraction of sp³-hybridized carbons (Fsp3) is 0.900. The van der Waals surface area contributed by atoms with Crippen LogP contribution in [0.2, 0.25) is 0 Å². The van der Waals surface area contributed by atoms with E-state index in [2.05, 4.69) is 10.3 Å². The van der Waals surface area contributed by atoms with E-state index < -0.39 is 41.6 Å². The van der Waals surface area contributed by atoms with E-state index in [9.17, 15) is 27.8 Å². The van der Waals surface area contributed by atoms with Gasteiger partial charge in [0.15, 0.2) is 16.9 Å². The Morgan fingerprint density at radius 2 is 2.00 bits per heavy atom. The zero-order valence-corrected chi connectivity index (χ0v) is 11.4. The van der Waals surface area contributed by atoms with Crippen molar-refractivity contribution in [3.8, 4) is 0 Å². The summed E-state index contributed by atoms with van der Waals surface area (Å²) in [5, 5.41) is 22.2. The highest BCUT2D eigenvalue weighted by Crippen LogP contribution is 2.44. The Hall–Kier alpha value is -0.580. The Balaban J connectivity index is 2.24. The summed E-state index contributed by atoms with van der Waals surface area (Å²) >= 11 is 0.918. The molecule has 1 saturated heterocycles. The number of aliphatic hydroxyl groups excluding tert-OH is 1. The molecule has 1 fully saturated rings. The number of hydrogen-bond acceptors (Lipinski definition) is 6. The lowest BCUT2D eigenvalue weighted by Crippen LogP contribution is -2.65. The van der Waals surface area contributed by atoms with Crippen molar-refractivity contribution in [2.24, 2.45) is 4.99 Å². The summed E-state index contributed by atoms with van der Waals surface area (Å²) < 4.78 is 57.5. The van der Waals surface area contributed by atoms with E-state index >= 15 is 0 Å². The van der Waals surface area contributed by atoms with E-state index in [1.807, 2.05) is 0 Å². The van der Waals surface area contributed by atoms with Crippen molar-refractivity contribution in [3.05, 3.63) is 0 Å². The molecule has 0 bridgehead atoms. The molecule has 0 aromatic rings. The predicted octanol–water partition coefficient (Wildman–Crippen LogP) is 0.414. The van der Waals surface area contributed by atoms with E-state index in [0.29, 0.717) is 12.1 Å². The van der Waals surface area contributed by atoms with Gasteiger partial charge in [-0.3, -0.25) is 4.99 Å². The van der Waals surface area contributed by atoms with Gasteiger partial charge in [-0.15, -0.1) is 0 Å². The minimum Gasteiger partial charge on any atom is -0.387 e. The van der Waals surface area contributed by atoms with E-state index in [1.165, 1.54) is 7.05 Å². The third-order valence-electron chi connectivity index (χ3n) is 3.36. The summed E-state index contributed by atoms with van der Waals surface area (Å²) in [6.45, 7) is 0.452. The Morgan fingerprint density at radius 3 is 2.50 bits per heavy atom. The highest BCUT2D eigenvalue weighted by molar-refractivity contribution is 8.14. The van der Waals surface area contributed by atoms with Crippen LogP contribution >= 0.6 is 11.8 Å². The first-order valence-electron chi connectivity index (χ1n) is 5.78. The molecule has 5 nitrogen and oxygen atoms in total. The fourth-order valence-corrected chi connectivity index (χ4v) is 3.13. The van der Waals surface area contributed by atoms with Crippen LogP contribution in [0.4, 0.5) is 17.6 Å². The topological polar surface area (TPSA) is 74.1 Å². The second-order valence-corrected chi connectivity index (χ2v) is 5.89.